The van der Waals surface area contributed by atoms with Crippen molar-refractivity contribution in [3.8, 4) is 0 Å². The van der Waals surface area contributed by atoms with E-state index in [-0.39, 0.29) is 18.8 Å². The van der Waals surface area contributed by atoms with Crippen molar-refractivity contribution in [2.24, 2.45) is 17.6 Å². The maximum Gasteiger partial charge on any atom is 0.303 e. The zero-order valence-corrected chi connectivity index (χ0v) is 8.12. The molecule has 0 rings (SSSR count). The van der Waals surface area contributed by atoms with Gasteiger partial charge in [0.2, 0.25) is 5.91 Å². The number of hydrogen-bond acceptors (Lipinski definition) is 2. The maximum atomic E-state index is 10.6. The lowest BCUT2D eigenvalue weighted by atomic mass is 9.91. The highest BCUT2D eigenvalue weighted by Crippen LogP contribution is 2.18. The van der Waals surface area contributed by atoms with Gasteiger partial charge in [0.1, 0.15) is 0 Å². The van der Waals surface area contributed by atoms with Gasteiger partial charge in [-0.1, -0.05) is 13.8 Å². The molecule has 1 atom stereocenters. The first kappa shape index (κ1) is 11.9. The molecule has 4 heteroatoms. The number of amides is 1. The van der Waals surface area contributed by atoms with Crippen LogP contribution in [0.5, 0.6) is 0 Å². The number of primary amides is 1. The summed E-state index contributed by atoms with van der Waals surface area (Å²) in [6, 6.07) is 0. The molecule has 0 aliphatic carbocycles. The molecule has 0 aromatic rings. The van der Waals surface area contributed by atoms with Gasteiger partial charge in [-0.3, -0.25) is 9.59 Å². The average molecular weight is 187 g/mol. The topological polar surface area (TPSA) is 80.4 Å². The fourth-order valence-corrected chi connectivity index (χ4v) is 1.44. The van der Waals surface area contributed by atoms with Gasteiger partial charge in [-0.25, -0.2) is 0 Å². The van der Waals surface area contributed by atoms with Crippen molar-refractivity contribution < 1.29 is 14.7 Å². The molecule has 0 unspecified atom stereocenters. The van der Waals surface area contributed by atoms with Crippen LogP contribution in [-0.2, 0) is 9.59 Å². The average Bonchev–Trinajstić information content (AvgIpc) is 1.80. The second-order valence-corrected chi connectivity index (χ2v) is 3.76. The number of nitrogens with two attached hydrogens (primary N) is 1. The van der Waals surface area contributed by atoms with Crippen LogP contribution < -0.4 is 5.73 Å². The minimum absolute atomic E-state index is 0.0289. The van der Waals surface area contributed by atoms with E-state index in [1.54, 1.807) is 0 Å². The van der Waals surface area contributed by atoms with Crippen LogP contribution in [0, 0.1) is 11.8 Å². The Kier molecular flexibility index (Phi) is 5.11. The summed E-state index contributed by atoms with van der Waals surface area (Å²) in [5.74, 6) is -1.02. The third-order valence-electron chi connectivity index (χ3n) is 1.76. The number of carbonyl (C=O) groups is 2. The van der Waals surface area contributed by atoms with E-state index in [1.807, 2.05) is 13.8 Å². The van der Waals surface area contributed by atoms with Gasteiger partial charge in [0.15, 0.2) is 0 Å². The highest BCUT2D eigenvalue weighted by Gasteiger charge is 2.16. The highest BCUT2D eigenvalue weighted by molar-refractivity contribution is 5.75. The van der Waals surface area contributed by atoms with E-state index in [9.17, 15) is 9.59 Å². The van der Waals surface area contributed by atoms with Crippen LogP contribution in [-0.4, -0.2) is 17.0 Å². The van der Waals surface area contributed by atoms with E-state index in [2.05, 4.69) is 0 Å². The summed E-state index contributed by atoms with van der Waals surface area (Å²) < 4.78 is 0. The van der Waals surface area contributed by atoms with Crippen LogP contribution in [0.15, 0.2) is 0 Å². The Labute approximate surface area is 78.1 Å². The molecule has 0 heterocycles. The molecule has 76 valence electrons. The van der Waals surface area contributed by atoms with Crippen LogP contribution in [0.1, 0.15) is 33.1 Å². The summed E-state index contributed by atoms with van der Waals surface area (Å²) in [4.78, 5) is 21.0. The van der Waals surface area contributed by atoms with Crippen molar-refractivity contribution in [2.75, 3.05) is 0 Å². The summed E-state index contributed by atoms with van der Waals surface area (Å²) in [5.41, 5.74) is 5.01. The molecule has 3 N–H and O–H groups in total. The Bertz CT molecular complexity index is 173. The Hall–Kier alpha value is -1.06. The van der Waals surface area contributed by atoms with Gasteiger partial charge in [-0.15, -0.1) is 0 Å². The fraction of sp³-hybridized carbons (Fsp3) is 0.778. The minimum Gasteiger partial charge on any atom is -0.481 e. The number of aliphatic carboxylic acids is 1. The lowest BCUT2D eigenvalue weighted by molar-refractivity contribution is -0.138. The molecule has 0 saturated heterocycles. The van der Waals surface area contributed by atoms with E-state index in [4.69, 9.17) is 10.8 Å². The minimum atomic E-state index is -0.869. The zero-order valence-electron chi connectivity index (χ0n) is 8.12. The summed E-state index contributed by atoms with van der Waals surface area (Å²) >= 11 is 0. The predicted octanol–water partition coefficient (Wildman–Crippen LogP) is 0.999. The van der Waals surface area contributed by atoms with Gasteiger partial charge in [0.25, 0.3) is 0 Å². The van der Waals surface area contributed by atoms with Crippen LogP contribution >= 0.6 is 0 Å². The predicted molar refractivity (Wildman–Crippen MR) is 49.0 cm³/mol. The molecule has 0 spiro atoms. The SMILES string of the molecule is CC(C)C[C@@H](CC(N)=O)CC(=O)O. The largest absolute Gasteiger partial charge is 0.481 e. The standard InChI is InChI=1S/C9H17NO3/c1-6(2)3-7(4-8(10)11)5-9(12)13/h6-7H,3-5H2,1-2H3,(H2,10,11)(H,12,13)/t7-/m0/s1. The molecule has 13 heavy (non-hydrogen) atoms. The van der Waals surface area contributed by atoms with Gasteiger partial charge in [-0.2, -0.15) is 0 Å². The van der Waals surface area contributed by atoms with Gasteiger partial charge in [0, 0.05) is 12.8 Å². The molecule has 0 radical (unpaired) electrons. The lowest BCUT2D eigenvalue weighted by Crippen LogP contribution is -2.19. The van der Waals surface area contributed by atoms with Crippen molar-refractivity contribution in [1.29, 1.82) is 0 Å². The van der Waals surface area contributed by atoms with Crippen molar-refractivity contribution in [1.82, 2.24) is 0 Å². The van der Waals surface area contributed by atoms with E-state index in [0.29, 0.717) is 5.92 Å². The molecule has 0 aliphatic rings. The smallest absolute Gasteiger partial charge is 0.303 e. The molecular formula is C9H17NO3. The van der Waals surface area contributed by atoms with Crippen molar-refractivity contribution in [3.05, 3.63) is 0 Å². The molecule has 0 bridgehead atoms. The summed E-state index contributed by atoms with van der Waals surface area (Å²) in [6.07, 6.45) is 0.931. The number of carboxylic acid groups (broad SMARTS) is 1. The second-order valence-electron chi connectivity index (χ2n) is 3.76. The Morgan fingerprint density at radius 1 is 1.31 bits per heavy atom. The number of carbonyl (C=O) groups excluding carboxylic acids is 1. The first-order valence-corrected chi connectivity index (χ1v) is 4.42. The molecule has 0 saturated carbocycles. The van der Waals surface area contributed by atoms with Crippen LogP contribution in [0.25, 0.3) is 0 Å². The van der Waals surface area contributed by atoms with Crippen molar-refractivity contribution >= 4 is 11.9 Å². The molecule has 0 aromatic carbocycles. The second kappa shape index (κ2) is 5.56. The quantitative estimate of drug-likeness (QED) is 0.650. The van der Waals surface area contributed by atoms with Gasteiger partial charge >= 0.3 is 5.97 Å². The fourth-order valence-electron chi connectivity index (χ4n) is 1.44. The van der Waals surface area contributed by atoms with Gasteiger partial charge < -0.3 is 10.8 Å². The Morgan fingerprint density at radius 2 is 1.85 bits per heavy atom. The van der Waals surface area contributed by atoms with E-state index < -0.39 is 11.9 Å². The Balaban J connectivity index is 4.02. The van der Waals surface area contributed by atoms with E-state index in [0.717, 1.165) is 6.42 Å². The molecule has 4 nitrogen and oxygen atoms in total. The number of hydrogen-bond donors (Lipinski definition) is 2. The number of carboxylic acids is 1. The molecule has 1 amide bonds. The highest BCUT2D eigenvalue weighted by atomic mass is 16.4. The maximum absolute atomic E-state index is 10.6. The third-order valence-corrected chi connectivity index (χ3v) is 1.76. The molecule has 0 fully saturated rings. The van der Waals surface area contributed by atoms with Crippen molar-refractivity contribution in [2.45, 2.75) is 33.1 Å². The van der Waals surface area contributed by atoms with E-state index in [1.165, 1.54) is 0 Å². The molecular weight excluding hydrogens is 170 g/mol. The summed E-state index contributed by atoms with van der Waals surface area (Å²) in [6.45, 7) is 3.99. The monoisotopic (exact) mass is 187 g/mol. The first-order valence-electron chi connectivity index (χ1n) is 4.42. The normalized spacial score (nSPS) is 12.8. The zero-order chi connectivity index (χ0) is 10.4. The van der Waals surface area contributed by atoms with Gasteiger partial charge in [0.05, 0.1) is 0 Å². The summed E-state index contributed by atoms with van der Waals surface area (Å²) in [5, 5.41) is 8.56. The van der Waals surface area contributed by atoms with Crippen LogP contribution in [0.3, 0.4) is 0 Å². The number of rotatable bonds is 6. The van der Waals surface area contributed by atoms with Crippen LogP contribution in [0.2, 0.25) is 0 Å². The third kappa shape index (κ3) is 7.31. The molecule has 0 aliphatic heterocycles. The first-order chi connectivity index (χ1) is 5.91. The van der Waals surface area contributed by atoms with E-state index >= 15 is 0 Å². The van der Waals surface area contributed by atoms with Gasteiger partial charge in [-0.05, 0) is 18.3 Å². The molecule has 0 aromatic heterocycles. The lowest BCUT2D eigenvalue weighted by Gasteiger charge is -2.14. The van der Waals surface area contributed by atoms with Crippen LogP contribution in [0.4, 0.5) is 0 Å². The Morgan fingerprint density at radius 3 is 2.15 bits per heavy atom. The van der Waals surface area contributed by atoms with Crippen molar-refractivity contribution in [3.63, 3.8) is 0 Å². The summed E-state index contributed by atoms with van der Waals surface area (Å²) in [7, 11) is 0.